The Morgan fingerprint density at radius 3 is 2.70 bits per heavy atom. The lowest BCUT2D eigenvalue weighted by atomic mass is 9.88. The van der Waals surface area contributed by atoms with Crippen molar-refractivity contribution in [3.05, 3.63) is 77.6 Å². The van der Waals surface area contributed by atoms with Gasteiger partial charge in [-0.05, 0) is 30.3 Å². The van der Waals surface area contributed by atoms with E-state index in [1.807, 2.05) is 0 Å². The first-order valence-electron chi connectivity index (χ1n) is 8.68. The molecule has 1 aliphatic rings. The van der Waals surface area contributed by atoms with Crippen LogP contribution < -0.4 is 11.1 Å². The van der Waals surface area contributed by atoms with Crippen molar-refractivity contribution in [2.75, 3.05) is 5.32 Å². The van der Waals surface area contributed by atoms with Gasteiger partial charge in [-0.15, -0.1) is 0 Å². The highest BCUT2D eigenvalue weighted by molar-refractivity contribution is 6.02. The Morgan fingerprint density at radius 2 is 2.00 bits per heavy atom. The molecule has 1 atom stereocenters. The van der Waals surface area contributed by atoms with Crippen LogP contribution in [0.4, 0.5) is 23.2 Å². The topological polar surface area (TPSA) is 98.2 Å². The third-order valence-corrected chi connectivity index (χ3v) is 4.69. The van der Waals surface area contributed by atoms with E-state index in [1.165, 1.54) is 23.0 Å². The molecule has 3 N–H and O–H groups in total. The number of carbonyl (C=O) groups is 1. The zero-order valence-corrected chi connectivity index (χ0v) is 15.2. The molecule has 0 saturated carbocycles. The number of alkyl halides is 2. The summed E-state index contributed by atoms with van der Waals surface area (Å²) in [6.07, 6.45) is 0.574. The molecule has 4 rings (SSSR count). The monoisotopic (exact) mass is 418 g/mol. The highest BCUT2D eigenvalue weighted by Gasteiger charge is 2.47. The normalized spacial score (nSPS) is 18.1. The predicted molar refractivity (Wildman–Crippen MR) is 99.2 cm³/mol. The molecule has 2 aromatic heterocycles. The van der Waals surface area contributed by atoms with Crippen molar-refractivity contribution >= 4 is 17.4 Å². The van der Waals surface area contributed by atoms with E-state index in [1.54, 1.807) is 0 Å². The van der Waals surface area contributed by atoms with Gasteiger partial charge in [0.05, 0.1) is 12.7 Å². The van der Waals surface area contributed by atoms with Crippen LogP contribution in [0.3, 0.4) is 0 Å². The fourth-order valence-corrected chi connectivity index (χ4v) is 3.25. The van der Waals surface area contributed by atoms with Crippen LogP contribution in [0.15, 0.2) is 53.9 Å². The van der Waals surface area contributed by atoms with Gasteiger partial charge in [0, 0.05) is 23.6 Å². The van der Waals surface area contributed by atoms with Gasteiger partial charge in [0.1, 0.15) is 17.3 Å². The van der Waals surface area contributed by atoms with Gasteiger partial charge in [0.2, 0.25) is 0 Å². The predicted octanol–water partition coefficient (Wildman–Crippen LogP) is 2.69. The van der Waals surface area contributed by atoms with E-state index >= 15 is 0 Å². The van der Waals surface area contributed by atoms with Gasteiger partial charge in [-0.3, -0.25) is 4.79 Å². The minimum atomic E-state index is -3.11. The largest absolute Gasteiger partial charge is 0.381 e. The van der Waals surface area contributed by atoms with Crippen LogP contribution in [0, 0.1) is 11.6 Å². The summed E-state index contributed by atoms with van der Waals surface area (Å²) in [6, 6.07) is 5.43. The molecular formula is C19H14F4N6O. The lowest BCUT2D eigenvalue weighted by Crippen LogP contribution is -2.44. The number of pyridine rings is 1. The minimum Gasteiger partial charge on any atom is -0.381 e. The third kappa shape index (κ3) is 3.27. The molecule has 1 aliphatic heterocycles. The number of carbonyl (C=O) groups excluding carboxylic acids is 1. The minimum absolute atomic E-state index is 0.0350. The van der Waals surface area contributed by atoms with Crippen LogP contribution in [0.5, 0.6) is 0 Å². The Morgan fingerprint density at radius 1 is 1.20 bits per heavy atom. The quantitative estimate of drug-likeness (QED) is 0.637. The molecule has 0 aliphatic carbocycles. The summed E-state index contributed by atoms with van der Waals surface area (Å²) in [6.45, 7) is -0.394. The van der Waals surface area contributed by atoms with Crippen molar-refractivity contribution in [1.29, 1.82) is 0 Å². The Hall–Kier alpha value is -3.76. The molecule has 30 heavy (non-hydrogen) atoms. The van der Waals surface area contributed by atoms with E-state index in [4.69, 9.17) is 5.73 Å². The Bertz CT molecular complexity index is 1140. The number of aromatic nitrogens is 3. The number of anilines is 1. The van der Waals surface area contributed by atoms with Crippen molar-refractivity contribution in [2.45, 2.75) is 18.5 Å². The molecule has 1 amide bonds. The highest BCUT2D eigenvalue weighted by Crippen LogP contribution is 2.40. The van der Waals surface area contributed by atoms with Gasteiger partial charge in [0.25, 0.3) is 12.3 Å². The lowest BCUT2D eigenvalue weighted by Gasteiger charge is -2.34. The number of hydrogen-bond acceptors (Lipinski definition) is 5. The molecule has 11 heteroatoms. The van der Waals surface area contributed by atoms with Crippen LogP contribution >= 0.6 is 0 Å². The van der Waals surface area contributed by atoms with Gasteiger partial charge in [-0.25, -0.2) is 32.5 Å². The molecule has 154 valence electrons. The van der Waals surface area contributed by atoms with Gasteiger partial charge in [0.15, 0.2) is 17.2 Å². The maximum absolute atomic E-state index is 14.7. The number of amides is 1. The van der Waals surface area contributed by atoms with Crippen LogP contribution in [-0.4, -0.2) is 32.7 Å². The molecular weight excluding hydrogens is 404 g/mol. The molecule has 0 fully saturated rings. The van der Waals surface area contributed by atoms with Gasteiger partial charge >= 0.3 is 0 Å². The maximum atomic E-state index is 14.7. The Balaban J connectivity index is 1.72. The maximum Gasteiger partial charge on any atom is 0.274 e. The zero-order chi connectivity index (χ0) is 21.5. The molecule has 3 aromatic rings. The van der Waals surface area contributed by atoms with Crippen molar-refractivity contribution in [3.63, 3.8) is 0 Å². The summed E-state index contributed by atoms with van der Waals surface area (Å²) in [5.41, 5.74) is 2.98. The fraction of sp³-hybridized carbons (Fsp3) is 0.158. The Labute approximate surface area is 167 Å². The first kappa shape index (κ1) is 19.6. The number of halogens is 4. The summed E-state index contributed by atoms with van der Waals surface area (Å²) < 4.78 is 57.4. The molecule has 0 radical (unpaired) electrons. The first-order chi connectivity index (χ1) is 14.3. The van der Waals surface area contributed by atoms with Gasteiger partial charge in [-0.1, -0.05) is 0 Å². The van der Waals surface area contributed by atoms with E-state index in [0.29, 0.717) is 0 Å². The number of benzene rings is 1. The number of fused-ring (bicyclic) bond motifs is 1. The van der Waals surface area contributed by atoms with Crippen LogP contribution in [0.2, 0.25) is 0 Å². The van der Waals surface area contributed by atoms with Crippen molar-refractivity contribution < 1.29 is 22.4 Å². The van der Waals surface area contributed by atoms with Crippen LogP contribution in [0.25, 0.3) is 0 Å². The summed E-state index contributed by atoms with van der Waals surface area (Å²) in [5, 5.41) is 2.43. The first-order valence-corrected chi connectivity index (χ1v) is 8.68. The van der Waals surface area contributed by atoms with Crippen molar-refractivity contribution in [1.82, 2.24) is 14.5 Å². The van der Waals surface area contributed by atoms with Crippen molar-refractivity contribution in [2.24, 2.45) is 10.7 Å². The Kier molecular flexibility index (Phi) is 4.72. The molecule has 1 aromatic carbocycles. The number of nitrogens with two attached hydrogens (primary N) is 1. The highest BCUT2D eigenvalue weighted by atomic mass is 19.3. The van der Waals surface area contributed by atoms with E-state index in [0.717, 1.165) is 30.5 Å². The number of nitrogens with one attached hydrogen (secondary N) is 1. The number of amidine groups is 1. The third-order valence-electron chi connectivity index (χ3n) is 4.69. The van der Waals surface area contributed by atoms with Gasteiger partial charge in [-0.2, -0.15) is 0 Å². The van der Waals surface area contributed by atoms with Crippen molar-refractivity contribution in [3.8, 4) is 0 Å². The van der Waals surface area contributed by atoms with E-state index in [-0.39, 0.29) is 23.0 Å². The van der Waals surface area contributed by atoms with Gasteiger partial charge < -0.3 is 15.6 Å². The number of hydrogen-bond donors (Lipinski definition) is 2. The second kappa shape index (κ2) is 7.25. The summed E-state index contributed by atoms with van der Waals surface area (Å²) >= 11 is 0. The second-order valence-electron chi connectivity index (χ2n) is 6.61. The number of rotatable bonds is 4. The fourth-order valence-electron chi connectivity index (χ4n) is 3.25. The van der Waals surface area contributed by atoms with E-state index in [9.17, 15) is 22.4 Å². The second-order valence-corrected chi connectivity index (χ2v) is 6.61. The molecule has 0 saturated heterocycles. The average Bonchev–Trinajstić information content (AvgIpc) is 3.18. The number of nitrogens with zero attached hydrogens (tertiary/aromatic N) is 4. The number of imidazole rings is 1. The number of aliphatic imine (C=N–C) groups is 1. The summed E-state index contributed by atoms with van der Waals surface area (Å²) in [7, 11) is 0. The van der Waals surface area contributed by atoms with E-state index < -0.39 is 41.6 Å². The molecule has 0 bridgehead atoms. The average molecular weight is 418 g/mol. The lowest BCUT2D eigenvalue weighted by molar-refractivity contribution is 0.0386. The summed E-state index contributed by atoms with van der Waals surface area (Å²) in [5.74, 6) is -2.33. The smallest absolute Gasteiger partial charge is 0.274 e. The molecule has 3 heterocycles. The zero-order valence-electron chi connectivity index (χ0n) is 15.2. The molecule has 0 spiro atoms. The summed E-state index contributed by atoms with van der Waals surface area (Å²) in [4.78, 5) is 23.8. The van der Waals surface area contributed by atoms with Crippen LogP contribution in [0.1, 0.15) is 21.9 Å². The SMILES string of the molecule is NC1=N[C@@](c2cc(NC(=O)c3ccc(F)cn3)ccc2F)(C(F)F)Cn2ccnc21. The van der Waals surface area contributed by atoms with Crippen LogP contribution in [-0.2, 0) is 12.1 Å². The molecule has 7 nitrogen and oxygen atoms in total. The standard InChI is InChI=1S/C19H14F4N6O/c20-10-1-4-14(26-8-10)17(30)27-11-2-3-13(21)12(7-11)19(18(22)23)9-29-6-5-25-16(29)15(24)28-19/h1-8,18H,9H2,(H2,24,28)(H,27,30)/t19-/m0/s1. The molecule has 0 unspecified atom stereocenters. The van der Waals surface area contributed by atoms with E-state index in [2.05, 4.69) is 20.3 Å².